The van der Waals surface area contributed by atoms with E-state index >= 15 is 0 Å². The monoisotopic (exact) mass is 218 g/mol. The molecule has 0 aliphatic carbocycles. The van der Waals surface area contributed by atoms with Crippen LogP contribution in [0.2, 0.25) is 0 Å². The second-order valence-corrected chi connectivity index (χ2v) is 3.76. The summed E-state index contributed by atoms with van der Waals surface area (Å²) in [6.45, 7) is 4.39. The molecule has 2 unspecified atom stereocenters. The van der Waals surface area contributed by atoms with Gasteiger partial charge in [-0.25, -0.2) is 4.79 Å². The first-order valence-electron chi connectivity index (χ1n) is 5.27. The van der Waals surface area contributed by atoms with Crippen molar-refractivity contribution in [3.63, 3.8) is 0 Å². The molecule has 0 aromatic heterocycles. The first-order valence-corrected chi connectivity index (χ1v) is 5.27. The second kappa shape index (κ2) is 4.94. The average molecular weight is 218 g/mol. The van der Waals surface area contributed by atoms with Crippen molar-refractivity contribution < 1.29 is 14.3 Å². The van der Waals surface area contributed by atoms with Crippen molar-refractivity contribution >= 4 is 5.97 Å². The summed E-state index contributed by atoms with van der Waals surface area (Å²) in [5, 5.41) is 0. The molecule has 0 bridgehead atoms. The first kappa shape index (κ1) is 10.9. The van der Waals surface area contributed by atoms with E-state index in [2.05, 4.69) is 6.58 Å². The molecule has 16 heavy (non-hydrogen) atoms. The molecule has 3 heteroatoms. The highest BCUT2D eigenvalue weighted by Gasteiger charge is 2.34. The highest BCUT2D eigenvalue weighted by atomic mass is 16.5. The molecule has 0 radical (unpaired) electrons. The maximum atomic E-state index is 10.9. The second-order valence-electron chi connectivity index (χ2n) is 3.76. The normalized spacial score (nSPS) is 23.2. The molecular weight excluding hydrogens is 204 g/mol. The van der Waals surface area contributed by atoms with E-state index in [1.807, 2.05) is 30.3 Å². The minimum atomic E-state index is -0.376. The van der Waals surface area contributed by atoms with Gasteiger partial charge in [-0.15, -0.1) is 0 Å². The highest BCUT2D eigenvalue weighted by Crippen LogP contribution is 2.35. The number of carbonyl (C=O) groups is 1. The lowest BCUT2D eigenvalue weighted by atomic mass is 9.92. The molecule has 1 saturated heterocycles. The van der Waals surface area contributed by atoms with Gasteiger partial charge in [0.15, 0.2) is 0 Å². The molecule has 0 saturated carbocycles. The standard InChI is InChI=1S/C13H14O3/c1-2-12(14)15-8-11-9-16-13(11)10-6-4-3-5-7-10/h2-7,11,13H,1,8-9H2. The zero-order valence-electron chi connectivity index (χ0n) is 8.96. The van der Waals surface area contributed by atoms with E-state index in [9.17, 15) is 4.79 Å². The Bertz CT molecular complexity index is 372. The summed E-state index contributed by atoms with van der Waals surface area (Å²) in [4.78, 5) is 10.9. The molecular formula is C13H14O3. The van der Waals surface area contributed by atoms with Crippen LogP contribution >= 0.6 is 0 Å². The molecule has 84 valence electrons. The molecule has 3 nitrogen and oxygen atoms in total. The van der Waals surface area contributed by atoms with Crippen molar-refractivity contribution in [2.24, 2.45) is 5.92 Å². The Hall–Kier alpha value is -1.61. The van der Waals surface area contributed by atoms with Gasteiger partial charge < -0.3 is 9.47 Å². The van der Waals surface area contributed by atoms with E-state index in [-0.39, 0.29) is 18.0 Å². The fourth-order valence-electron chi connectivity index (χ4n) is 1.72. The number of benzene rings is 1. The van der Waals surface area contributed by atoms with E-state index in [0.717, 1.165) is 5.56 Å². The maximum Gasteiger partial charge on any atom is 0.330 e. The number of ether oxygens (including phenoxy) is 2. The van der Waals surface area contributed by atoms with Crippen molar-refractivity contribution in [3.05, 3.63) is 48.6 Å². The lowest BCUT2D eigenvalue weighted by Gasteiger charge is -2.36. The highest BCUT2D eigenvalue weighted by molar-refractivity contribution is 5.81. The molecule has 0 spiro atoms. The Balaban J connectivity index is 1.89. The third kappa shape index (κ3) is 2.31. The molecule has 1 aliphatic heterocycles. The SMILES string of the molecule is C=CC(=O)OCC1COC1c1ccccc1. The summed E-state index contributed by atoms with van der Waals surface area (Å²) in [5.41, 5.74) is 1.13. The minimum Gasteiger partial charge on any atom is -0.462 e. The van der Waals surface area contributed by atoms with Crippen LogP contribution in [0.25, 0.3) is 0 Å². The summed E-state index contributed by atoms with van der Waals surface area (Å²) in [6, 6.07) is 9.96. The molecule has 1 heterocycles. The number of hydrogen-bond acceptors (Lipinski definition) is 3. The lowest BCUT2D eigenvalue weighted by Crippen LogP contribution is -2.36. The molecule has 2 atom stereocenters. The molecule has 2 rings (SSSR count). The summed E-state index contributed by atoms with van der Waals surface area (Å²) < 4.78 is 10.5. The van der Waals surface area contributed by atoms with Crippen LogP contribution in [-0.2, 0) is 14.3 Å². The van der Waals surface area contributed by atoms with Gasteiger partial charge in [0, 0.05) is 12.0 Å². The van der Waals surface area contributed by atoms with Crippen molar-refractivity contribution in [1.82, 2.24) is 0 Å². The van der Waals surface area contributed by atoms with Crippen molar-refractivity contribution in [2.45, 2.75) is 6.10 Å². The number of esters is 1. The van der Waals surface area contributed by atoms with Gasteiger partial charge in [0.1, 0.15) is 0 Å². The number of hydrogen-bond donors (Lipinski definition) is 0. The molecule has 0 amide bonds. The van der Waals surface area contributed by atoms with E-state index in [1.54, 1.807) is 0 Å². The van der Waals surface area contributed by atoms with Crippen LogP contribution in [0.5, 0.6) is 0 Å². The Labute approximate surface area is 94.7 Å². The third-order valence-corrected chi connectivity index (χ3v) is 2.65. The molecule has 1 aliphatic rings. The van der Waals surface area contributed by atoms with Crippen LogP contribution in [0.15, 0.2) is 43.0 Å². The van der Waals surface area contributed by atoms with Gasteiger partial charge in [-0.3, -0.25) is 0 Å². The van der Waals surface area contributed by atoms with Crippen molar-refractivity contribution in [3.8, 4) is 0 Å². The van der Waals surface area contributed by atoms with Gasteiger partial charge in [0.05, 0.1) is 19.3 Å². The van der Waals surface area contributed by atoms with E-state index in [4.69, 9.17) is 9.47 Å². The predicted molar refractivity (Wildman–Crippen MR) is 59.8 cm³/mol. The van der Waals surface area contributed by atoms with Crippen LogP contribution in [0.4, 0.5) is 0 Å². The molecule has 1 aromatic carbocycles. The summed E-state index contributed by atoms with van der Waals surface area (Å²) >= 11 is 0. The van der Waals surface area contributed by atoms with Crippen molar-refractivity contribution in [2.75, 3.05) is 13.2 Å². The first-order chi connectivity index (χ1) is 7.81. The van der Waals surface area contributed by atoms with Gasteiger partial charge in [-0.2, -0.15) is 0 Å². The average Bonchev–Trinajstić information content (AvgIpc) is 2.29. The lowest BCUT2D eigenvalue weighted by molar-refractivity contribution is -0.160. The minimum absolute atomic E-state index is 0.0545. The third-order valence-electron chi connectivity index (χ3n) is 2.65. The van der Waals surface area contributed by atoms with Crippen LogP contribution in [0.1, 0.15) is 11.7 Å². The summed E-state index contributed by atoms with van der Waals surface area (Å²) in [5.74, 6) is -0.120. The molecule has 1 aromatic rings. The quantitative estimate of drug-likeness (QED) is 0.573. The zero-order valence-corrected chi connectivity index (χ0v) is 8.96. The van der Waals surface area contributed by atoms with Crippen LogP contribution < -0.4 is 0 Å². The van der Waals surface area contributed by atoms with Gasteiger partial charge in [-0.1, -0.05) is 36.9 Å². The Morgan fingerprint density at radius 2 is 2.25 bits per heavy atom. The van der Waals surface area contributed by atoms with E-state index in [0.29, 0.717) is 13.2 Å². The Morgan fingerprint density at radius 3 is 2.81 bits per heavy atom. The fraction of sp³-hybridized carbons (Fsp3) is 0.308. The number of carbonyl (C=O) groups excluding carboxylic acids is 1. The zero-order chi connectivity index (χ0) is 11.4. The van der Waals surface area contributed by atoms with E-state index < -0.39 is 0 Å². The molecule has 0 N–H and O–H groups in total. The number of rotatable bonds is 4. The van der Waals surface area contributed by atoms with Crippen LogP contribution in [0, 0.1) is 5.92 Å². The summed E-state index contributed by atoms with van der Waals surface area (Å²) in [6.07, 6.45) is 1.23. The maximum absolute atomic E-state index is 10.9. The van der Waals surface area contributed by atoms with Gasteiger partial charge >= 0.3 is 5.97 Å². The van der Waals surface area contributed by atoms with Crippen LogP contribution in [-0.4, -0.2) is 19.2 Å². The smallest absolute Gasteiger partial charge is 0.330 e. The fourth-order valence-corrected chi connectivity index (χ4v) is 1.72. The largest absolute Gasteiger partial charge is 0.462 e. The predicted octanol–water partition coefficient (Wildman–Crippen LogP) is 2.10. The van der Waals surface area contributed by atoms with Crippen LogP contribution in [0.3, 0.4) is 0 Å². The Morgan fingerprint density at radius 1 is 1.50 bits per heavy atom. The van der Waals surface area contributed by atoms with Crippen molar-refractivity contribution in [1.29, 1.82) is 0 Å². The Kier molecular flexibility index (Phi) is 3.37. The van der Waals surface area contributed by atoms with Gasteiger partial charge in [0.2, 0.25) is 0 Å². The van der Waals surface area contributed by atoms with E-state index in [1.165, 1.54) is 6.08 Å². The van der Waals surface area contributed by atoms with Gasteiger partial charge in [0.25, 0.3) is 0 Å². The van der Waals surface area contributed by atoms with Gasteiger partial charge in [-0.05, 0) is 5.56 Å². The topological polar surface area (TPSA) is 35.5 Å². The molecule has 1 fully saturated rings. The summed E-state index contributed by atoms with van der Waals surface area (Å²) in [7, 11) is 0.